The van der Waals surface area contributed by atoms with Crippen LogP contribution in [0.25, 0.3) is 0 Å². The normalized spacial score (nSPS) is 16.8. The lowest BCUT2D eigenvalue weighted by Gasteiger charge is -2.38. The first kappa shape index (κ1) is 34.1. The molecule has 47 heavy (non-hydrogen) atoms. The van der Waals surface area contributed by atoms with Gasteiger partial charge in [0, 0.05) is 31.0 Å². The molecule has 1 aliphatic rings. The van der Waals surface area contributed by atoms with Crippen molar-refractivity contribution < 1.29 is 43.2 Å². The van der Waals surface area contributed by atoms with E-state index in [1.165, 1.54) is 60.7 Å². The Morgan fingerprint density at radius 3 is 1.81 bits per heavy atom. The SMILES string of the molecule is O=C(Nc1ccc(S(=O)(=O)Nc2cccc(C(F)(F)F)c2)cc1)C1CN(S(=O)(=O)c2ccccc2)CCN1S(=O)(=O)c1ccccc1. The Morgan fingerprint density at radius 2 is 1.23 bits per heavy atom. The molecule has 1 saturated heterocycles. The highest BCUT2D eigenvalue weighted by atomic mass is 32.2. The van der Waals surface area contributed by atoms with Gasteiger partial charge >= 0.3 is 6.18 Å². The highest BCUT2D eigenvalue weighted by Crippen LogP contribution is 2.31. The van der Waals surface area contributed by atoms with Gasteiger partial charge in [-0.25, -0.2) is 25.3 Å². The Kier molecular flexibility index (Phi) is 9.47. The van der Waals surface area contributed by atoms with E-state index in [1.54, 1.807) is 12.1 Å². The third-order valence-corrected chi connectivity index (χ3v) is 12.4. The number of carbonyl (C=O) groups excluding carboxylic acids is 1. The first-order valence-electron chi connectivity index (χ1n) is 13.8. The molecule has 248 valence electrons. The number of nitrogens with zero attached hydrogens (tertiary/aromatic N) is 2. The van der Waals surface area contributed by atoms with Gasteiger partial charge in [0.25, 0.3) is 10.0 Å². The van der Waals surface area contributed by atoms with E-state index in [1.807, 2.05) is 0 Å². The van der Waals surface area contributed by atoms with Gasteiger partial charge in [-0.05, 0) is 66.7 Å². The molecular weight excluding hydrogens is 682 g/mol. The fraction of sp³-hybridized carbons (Fsp3) is 0.167. The summed E-state index contributed by atoms with van der Waals surface area (Å²) < 4.78 is 123. The molecule has 0 aliphatic carbocycles. The average Bonchev–Trinajstić information content (AvgIpc) is 3.05. The number of rotatable bonds is 9. The maximum atomic E-state index is 13.6. The number of amides is 1. The molecule has 0 aromatic heterocycles. The van der Waals surface area contributed by atoms with Gasteiger partial charge in [0.2, 0.25) is 26.0 Å². The molecule has 17 heteroatoms. The highest BCUT2D eigenvalue weighted by molar-refractivity contribution is 7.92. The fourth-order valence-electron chi connectivity index (χ4n) is 4.85. The van der Waals surface area contributed by atoms with Crippen LogP contribution < -0.4 is 10.0 Å². The minimum absolute atomic E-state index is 0.0333. The van der Waals surface area contributed by atoms with Crippen LogP contribution in [0.4, 0.5) is 24.5 Å². The van der Waals surface area contributed by atoms with Crippen molar-refractivity contribution in [3.8, 4) is 0 Å². The number of sulfonamides is 3. The Hall–Kier alpha value is -4.29. The molecule has 1 amide bonds. The Bertz CT molecular complexity index is 2080. The summed E-state index contributed by atoms with van der Waals surface area (Å²) >= 11 is 0. The topological polar surface area (TPSA) is 150 Å². The van der Waals surface area contributed by atoms with Crippen molar-refractivity contribution in [2.24, 2.45) is 0 Å². The van der Waals surface area contributed by atoms with Crippen LogP contribution in [0.3, 0.4) is 0 Å². The van der Waals surface area contributed by atoms with Gasteiger partial charge in [-0.15, -0.1) is 0 Å². The number of halogens is 3. The van der Waals surface area contributed by atoms with E-state index >= 15 is 0 Å². The first-order chi connectivity index (χ1) is 22.1. The van der Waals surface area contributed by atoms with Crippen molar-refractivity contribution >= 4 is 47.4 Å². The van der Waals surface area contributed by atoms with Gasteiger partial charge in [-0.2, -0.15) is 21.8 Å². The van der Waals surface area contributed by atoms with Gasteiger partial charge in [-0.1, -0.05) is 42.5 Å². The van der Waals surface area contributed by atoms with Crippen molar-refractivity contribution in [3.05, 3.63) is 115 Å². The van der Waals surface area contributed by atoms with E-state index in [4.69, 9.17) is 0 Å². The van der Waals surface area contributed by atoms with Crippen LogP contribution in [-0.4, -0.2) is 65.4 Å². The molecule has 1 atom stereocenters. The monoisotopic (exact) mass is 708 g/mol. The van der Waals surface area contributed by atoms with Crippen LogP contribution in [0.15, 0.2) is 124 Å². The quantitative estimate of drug-likeness (QED) is 0.265. The molecule has 1 aliphatic heterocycles. The molecule has 11 nitrogen and oxygen atoms in total. The highest BCUT2D eigenvalue weighted by Gasteiger charge is 2.43. The predicted octanol–water partition coefficient (Wildman–Crippen LogP) is 4.21. The van der Waals surface area contributed by atoms with Gasteiger partial charge in [0.1, 0.15) is 6.04 Å². The van der Waals surface area contributed by atoms with Crippen molar-refractivity contribution in [2.75, 3.05) is 29.7 Å². The van der Waals surface area contributed by atoms with E-state index in [0.717, 1.165) is 38.9 Å². The summed E-state index contributed by atoms with van der Waals surface area (Å²) in [5.41, 5.74) is -1.31. The summed E-state index contributed by atoms with van der Waals surface area (Å²) in [6.07, 6.45) is -4.68. The zero-order valence-corrected chi connectivity index (χ0v) is 26.7. The molecule has 1 heterocycles. The number of piperazine rings is 1. The zero-order chi connectivity index (χ0) is 34.0. The molecular formula is C30H27F3N4O7S3. The maximum absolute atomic E-state index is 13.6. The van der Waals surface area contributed by atoms with Crippen LogP contribution in [0.1, 0.15) is 5.56 Å². The second kappa shape index (κ2) is 13.1. The summed E-state index contributed by atoms with van der Waals surface area (Å²) in [5, 5.41) is 2.52. The van der Waals surface area contributed by atoms with E-state index in [9.17, 15) is 43.2 Å². The molecule has 4 aromatic carbocycles. The minimum Gasteiger partial charge on any atom is -0.325 e. The van der Waals surface area contributed by atoms with Crippen LogP contribution >= 0.6 is 0 Å². The Morgan fingerprint density at radius 1 is 0.660 bits per heavy atom. The molecule has 1 fully saturated rings. The van der Waals surface area contributed by atoms with Crippen molar-refractivity contribution in [2.45, 2.75) is 26.9 Å². The number of hydrogen-bond donors (Lipinski definition) is 2. The van der Waals surface area contributed by atoms with Crippen molar-refractivity contribution in [1.29, 1.82) is 0 Å². The summed E-state index contributed by atoms with van der Waals surface area (Å²) in [5.74, 6) is -0.879. The number of alkyl halides is 3. The van der Waals surface area contributed by atoms with Crippen molar-refractivity contribution in [1.82, 2.24) is 8.61 Å². The third-order valence-electron chi connectivity index (χ3n) is 7.20. The van der Waals surface area contributed by atoms with Gasteiger partial charge in [-0.3, -0.25) is 9.52 Å². The summed E-state index contributed by atoms with van der Waals surface area (Å²) in [6, 6.07) is 21.5. The largest absolute Gasteiger partial charge is 0.416 e. The molecule has 5 rings (SSSR count). The summed E-state index contributed by atoms with van der Waals surface area (Å²) in [4.78, 5) is 13.2. The first-order valence-corrected chi connectivity index (χ1v) is 18.2. The lowest BCUT2D eigenvalue weighted by molar-refractivity contribution is -0.137. The van der Waals surface area contributed by atoms with Crippen LogP contribution in [0.5, 0.6) is 0 Å². The summed E-state index contributed by atoms with van der Waals surface area (Å²) in [6.45, 7) is -1.07. The van der Waals surface area contributed by atoms with E-state index in [-0.39, 0.29) is 39.2 Å². The fourth-order valence-corrected chi connectivity index (χ4v) is 8.95. The second-order valence-corrected chi connectivity index (χ2v) is 15.8. The van der Waals surface area contributed by atoms with Gasteiger partial charge in [0.05, 0.1) is 20.2 Å². The van der Waals surface area contributed by atoms with Gasteiger partial charge < -0.3 is 5.32 Å². The predicted molar refractivity (Wildman–Crippen MR) is 167 cm³/mol. The molecule has 1 unspecified atom stereocenters. The number of hydrogen-bond acceptors (Lipinski definition) is 7. The average molecular weight is 709 g/mol. The maximum Gasteiger partial charge on any atom is 0.416 e. The summed E-state index contributed by atoms with van der Waals surface area (Å²) in [7, 11) is -12.7. The lowest BCUT2D eigenvalue weighted by atomic mass is 10.2. The smallest absolute Gasteiger partial charge is 0.325 e. The van der Waals surface area contributed by atoms with Gasteiger partial charge in [0.15, 0.2) is 0 Å². The molecule has 0 spiro atoms. The molecule has 4 aromatic rings. The van der Waals surface area contributed by atoms with Crippen LogP contribution in [0.2, 0.25) is 0 Å². The number of nitrogens with one attached hydrogen (secondary N) is 2. The Labute approximate surface area is 269 Å². The molecule has 0 saturated carbocycles. The lowest BCUT2D eigenvalue weighted by Crippen LogP contribution is -2.60. The zero-order valence-electron chi connectivity index (χ0n) is 24.2. The van der Waals surface area contributed by atoms with Crippen LogP contribution in [0, 0.1) is 0 Å². The van der Waals surface area contributed by atoms with E-state index < -0.39 is 60.3 Å². The number of anilines is 2. The van der Waals surface area contributed by atoms with E-state index in [2.05, 4.69) is 10.0 Å². The van der Waals surface area contributed by atoms with E-state index in [0.29, 0.717) is 6.07 Å². The molecule has 2 N–H and O–H groups in total. The standard InChI is InChI=1S/C30H27F3N4O7S3/c31-30(32,33)22-8-7-9-24(20-22)35-45(39,40)25-16-14-23(15-17-25)34-29(38)28-21-36(46(41,42)26-10-3-1-4-11-26)18-19-37(28)47(43,44)27-12-5-2-6-13-27/h1-17,20,28,35H,18-19,21H2,(H,34,38). The third kappa shape index (κ3) is 7.49. The van der Waals surface area contributed by atoms with Crippen molar-refractivity contribution in [3.63, 3.8) is 0 Å². The number of carbonyl (C=O) groups is 1. The minimum atomic E-state index is -4.68. The molecule has 0 bridgehead atoms. The Balaban J connectivity index is 1.39. The van der Waals surface area contributed by atoms with Crippen LogP contribution in [-0.2, 0) is 41.0 Å². The second-order valence-electron chi connectivity index (χ2n) is 10.3. The number of benzene rings is 4. The molecule has 0 radical (unpaired) electrons.